The second kappa shape index (κ2) is 10.6. The summed E-state index contributed by atoms with van der Waals surface area (Å²) in [6, 6.07) is 37.7. The van der Waals surface area contributed by atoms with Crippen LogP contribution in [0.15, 0.2) is 103 Å². The Morgan fingerprint density at radius 2 is 1.59 bits per heavy atom. The molecule has 5 aromatic rings. The quantitative estimate of drug-likeness (QED) is 0.235. The maximum Gasteiger partial charge on any atom is 0.124 e. The van der Waals surface area contributed by atoms with Gasteiger partial charge in [0.2, 0.25) is 0 Å². The van der Waals surface area contributed by atoms with Crippen LogP contribution in [-0.2, 0) is 6.54 Å². The Morgan fingerprint density at radius 1 is 0.923 bits per heavy atom. The molecule has 39 heavy (non-hydrogen) atoms. The number of aromatic nitrogens is 1. The zero-order valence-corrected chi connectivity index (χ0v) is 23.0. The average molecular weight is 532 g/mol. The lowest BCUT2D eigenvalue weighted by Gasteiger charge is -2.39. The molecule has 2 bridgehead atoms. The number of hydrogen-bond donors (Lipinski definition) is 1. The van der Waals surface area contributed by atoms with E-state index in [2.05, 4.69) is 107 Å². The van der Waals surface area contributed by atoms with Crippen molar-refractivity contribution in [3.8, 4) is 16.3 Å². The molecule has 5 heteroatoms. The smallest absolute Gasteiger partial charge is 0.124 e. The predicted molar refractivity (Wildman–Crippen MR) is 160 cm³/mol. The van der Waals surface area contributed by atoms with Crippen LogP contribution in [0.1, 0.15) is 29.0 Å². The molecule has 2 aliphatic rings. The summed E-state index contributed by atoms with van der Waals surface area (Å²) < 4.78 is 7.05. The molecule has 4 atom stereocenters. The Labute approximate surface area is 234 Å². The summed E-state index contributed by atoms with van der Waals surface area (Å²) in [4.78, 5) is 7.71. The van der Waals surface area contributed by atoms with E-state index in [4.69, 9.17) is 9.72 Å². The van der Waals surface area contributed by atoms with Crippen molar-refractivity contribution >= 4 is 21.6 Å². The van der Waals surface area contributed by atoms with Crippen LogP contribution in [0.4, 0.5) is 0 Å². The third-order valence-electron chi connectivity index (χ3n) is 8.55. The van der Waals surface area contributed by atoms with Gasteiger partial charge >= 0.3 is 0 Å². The van der Waals surface area contributed by atoms with Gasteiger partial charge in [-0.05, 0) is 42.1 Å². The Hall–Kier alpha value is -3.51. The summed E-state index contributed by atoms with van der Waals surface area (Å²) in [7, 11) is 1.77. The first-order valence-corrected chi connectivity index (χ1v) is 14.7. The number of nitrogens with one attached hydrogen (secondary N) is 1. The minimum atomic E-state index is 0.326. The molecular weight excluding hydrogens is 498 g/mol. The molecule has 0 radical (unpaired) electrons. The van der Waals surface area contributed by atoms with E-state index in [1.807, 2.05) is 6.07 Å². The molecule has 196 valence electrons. The summed E-state index contributed by atoms with van der Waals surface area (Å²) in [5.74, 6) is 1.91. The fourth-order valence-electron chi connectivity index (χ4n) is 6.76. The van der Waals surface area contributed by atoms with Gasteiger partial charge in [-0.2, -0.15) is 0 Å². The van der Waals surface area contributed by atoms with E-state index >= 15 is 0 Å². The van der Waals surface area contributed by atoms with Gasteiger partial charge in [0, 0.05) is 42.2 Å². The molecule has 0 amide bonds. The van der Waals surface area contributed by atoms with Gasteiger partial charge in [0.1, 0.15) is 10.8 Å². The molecule has 7 rings (SSSR count). The van der Waals surface area contributed by atoms with Crippen LogP contribution in [0.25, 0.3) is 20.8 Å². The molecule has 1 aromatic heterocycles. The van der Waals surface area contributed by atoms with E-state index in [0.29, 0.717) is 23.9 Å². The van der Waals surface area contributed by atoms with Crippen molar-refractivity contribution in [1.82, 2.24) is 15.2 Å². The normalized spacial score (nSPS) is 22.1. The number of hydrogen-bond acceptors (Lipinski definition) is 5. The molecule has 2 saturated heterocycles. The zero-order valence-electron chi connectivity index (χ0n) is 22.2. The third kappa shape index (κ3) is 4.65. The standard InChI is InChI=1S/C34H33N3OS/c1-38-29-20-30-28(36-34(39-30)25-15-9-4-10-16-25)19-27(29)21-35-32-26-17-18-37(22-26)33(32)31(23-11-5-2-6-12-23)24-13-7-3-8-14-24/h2-16,19-20,26,31-33,35H,17-18,21-22H2,1H3/t26-,32-,33+/m0/s1. The minimum absolute atomic E-state index is 0.326. The van der Waals surface area contributed by atoms with Crippen LogP contribution >= 0.6 is 11.3 Å². The van der Waals surface area contributed by atoms with Crippen molar-refractivity contribution in [1.29, 1.82) is 0 Å². The molecule has 2 fully saturated rings. The van der Waals surface area contributed by atoms with Crippen molar-refractivity contribution in [3.63, 3.8) is 0 Å². The topological polar surface area (TPSA) is 37.4 Å². The fourth-order valence-corrected chi connectivity index (χ4v) is 7.74. The number of nitrogens with zero attached hydrogens (tertiary/aromatic N) is 2. The number of methoxy groups -OCH3 is 1. The first-order chi connectivity index (χ1) is 19.3. The number of ether oxygens (including phenoxy) is 1. The number of thiazole rings is 1. The van der Waals surface area contributed by atoms with Crippen molar-refractivity contribution in [2.45, 2.75) is 31.0 Å². The second-order valence-corrected chi connectivity index (χ2v) is 11.8. The SMILES string of the molecule is COc1cc2sc(-c3ccccc3)nc2cc1CN[C@H]1[C@H]2CCN(C2)[C@@H]1C(c1ccccc1)c1ccccc1. The molecule has 1 N–H and O–H groups in total. The van der Waals surface area contributed by atoms with Crippen LogP contribution in [-0.4, -0.2) is 42.2 Å². The van der Waals surface area contributed by atoms with Gasteiger partial charge in [0.15, 0.2) is 0 Å². The molecule has 4 nitrogen and oxygen atoms in total. The van der Waals surface area contributed by atoms with E-state index in [-0.39, 0.29) is 0 Å². The largest absolute Gasteiger partial charge is 0.496 e. The molecule has 0 spiro atoms. The monoisotopic (exact) mass is 531 g/mol. The van der Waals surface area contributed by atoms with Gasteiger partial charge in [-0.15, -0.1) is 11.3 Å². The van der Waals surface area contributed by atoms with Crippen LogP contribution in [0.5, 0.6) is 5.75 Å². The van der Waals surface area contributed by atoms with E-state index < -0.39 is 0 Å². The maximum absolute atomic E-state index is 5.89. The second-order valence-electron chi connectivity index (χ2n) is 10.8. The first kappa shape index (κ1) is 24.5. The number of fused-ring (bicyclic) bond motifs is 3. The van der Waals surface area contributed by atoms with Gasteiger partial charge in [-0.3, -0.25) is 4.90 Å². The minimum Gasteiger partial charge on any atom is -0.496 e. The molecule has 1 unspecified atom stereocenters. The van der Waals surface area contributed by atoms with Crippen LogP contribution in [0.3, 0.4) is 0 Å². The maximum atomic E-state index is 5.89. The van der Waals surface area contributed by atoms with E-state index in [9.17, 15) is 0 Å². The van der Waals surface area contributed by atoms with Gasteiger partial charge < -0.3 is 10.1 Å². The van der Waals surface area contributed by atoms with Gasteiger partial charge in [-0.1, -0.05) is 91.0 Å². The molecule has 0 aliphatic carbocycles. The Bertz CT molecular complexity index is 1510. The van der Waals surface area contributed by atoms with Crippen LogP contribution < -0.4 is 10.1 Å². The van der Waals surface area contributed by atoms with Crippen molar-refractivity contribution < 1.29 is 4.74 Å². The summed E-state index contributed by atoms with van der Waals surface area (Å²) in [6.45, 7) is 3.11. The number of rotatable bonds is 8. The Morgan fingerprint density at radius 3 is 2.26 bits per heavy atom. The lowest BCUT2D eigenvalue weighted by molar-refractivity contribution is 0.197. The third-order valence-corrected chi connectivity index (χ3v) is 9.62. The van der Waals surface area contributed by atoms with Gasteiger partial charge in [0.25, 0.3) is 0 Å². The predicted octanol–water partition coefficient (Wildman–Crippen LogP) is 6.97. The lowest BCUT2D eigenvalue weighted by Crippen LogP contribution is -2.50. The van der Waals surface area contributed by atoms with Crippen molar-refractivity contribution in [2.75, 3.05) is 20.2 Å². The highest BCUT2D eigenvalue weighted by Gasteiger charge is 2.49. The van der Waals surface area contributed by atoms with Crippen LogP contribution in [0, 0.1) is 5.92 Å². The van der Waals surface area contributed by atoms with E-state index in [0.717, 1.165) is 33.1 Å². The Balaban J connectivity index is 1.20. The summed E-state index contributed by atoms with van der Waals surface area (Å²) in [6.07, 6.45) is 1.26. The average Bonchev–Trinajstić information content (AvgIpc) is 3.73. The molecule has 4 aromatic carbocycles. The Kier molecular flexibility index (Phi) is 6.65. The zero-order chi connectivity index (χ0) is 26.2. The van der Waals surface area contributed by atoms with E-state index in [1.54, 1.807) is 18.4 Å². The van der Waals surface area contributed by atoms with Gasteiger partial charge in [-0.25, -0.2) is 4.98 Å². The highest BCUT2D eigenvalue weighted by Crippen LogP contribution is 2.43. The first-order valence-electron chi connectivity index (χ1n) is 13.9. The molecule has 0 saturated carbocycles. The van der Waals surface area contributed by atoms with E-state index in [1.165, 1.54) is 36.2 Å². The molecule has 3 heterocycles. The summed E-state index contributed by atoms with van der Waals surface area (Å²) in [5, 5.41) is 5.08. The molecular formula is C34H33N3OS. The molecule has 2 aliphatic heterocycles. The van der Waals surface area contributed by atoms with Gasteiger partial charge in [0.05, 0.1) is 17.3 Å². The van der Waals surface area contributed by atoms with Crippen molar-refractivity contribution in [2.24, 2.45) is 5.92 Å². The highest BCUT2D eigenvalue weighted by atomic mass is 32.1. The lowest BCUT2D eigenvalue weighted by atomic mass is 9.78. The van der Waals surface area contributed by atoms with Crippen LogP contribution in [0.2, 0.25) is 0 Å². The summed E-state index contributed by atoms with van der Waals surface area (Å²) in [5.41, 5.74) is 6.15. The summed E-state index contributed by atoms with van der Waals surface area (Å²) >= 11 is 1.72. The number of benzene rings is 4. The fraction of sp³-hybridized carbons (Fsp3) is 0.265. The number of piperidine rings is 1. The highest BCUT2D eigenvalue weighted by molar-refractivity contribution is 7.21. The van der Waals surface area contributed by atoms with Crippen molar-refractivity contribution in [3.05, 3.63) is 120 Å².